The molecule has 0 bridgehead atoms. The summed E-state index contributed by atoms with van der Waals surface area (Å²) < 4.78 is 1.52. The van der Waals surface area contributed by atoms with Crippen LogP contribution < -0.4 is 10.6 Å². The molecule has 0 atom stereocenters. The first-order chi connectivity index (χ1) is 12.5. The highest BCUT2D eigenvalue weighted by atomic mass is 16.2. The predicted molar refractivity (Wildman–Crippen MR) is 100.0 cm³/mol. The standard InChI is InChI=1S/C19H25N5O2/c1-23-10-8-15(9-11-23)20-19(26)16-13-17(24(2)22-16)21-18(25)12-14-6-4-3-5-7-14/h3-7,13,15H,8-12H2,1-2H3,(H,20,26)(H,21,25). The Hall–Kier alpha value is -2.67. The van der Waals surface area contributed by atoms with Crippen molar-refractivity contribution in [2.75, 3.05) is 25.5 Å². The molecule has 1 aliphatic rings. The van der Waals surface area contributed by atoms with Gasteiger partial charge in [-0.15, -0.1) is 0 Å². The number of likely N-dealkylation sites (tertiary alicyclic amines) is 1. The van der Waals surface area contributed by atoms with Gasteiger partial charge in [0.15, 0.2) is 5.69 Å². The molecule has 7 heteroatoms. The maximum absolute atomic E-state index is 12.4. The molecule has 1 aromatic carbocycles. The van der Waals surface area contributed by atoms with Crippen LogP contribution in [0, 0.1) is 0 Å². The van der Waals surface area contributed by atoms with E-state index in [1.165, 1.54) is 4.68 Å². The number of aryl methyl sites for hydroxylation is 1. The summed E-state index contributed by atoms with van der Waals surface area (Å²) >= 11 is 0. The Morgan fingerprint density at radius 3 is 2.54 bits per heavy atom. The van der Waals surface area contributed by atoms with E-state index in [0.29, 0.717) is 11.5 Å². The molecule has 0 radical (unpaired) electrons. The fraction of sp³-hybridized carbons (Fsp3) is 0.421. The molecule has 2 aromatic rings. The third-order valence-corrected chi connectivity index (χ3v) is 4.64. The van der Waals surface area contributed by atoms with E-state index in [4.69, 9.17) is 0 Å². The number of hydrogen-bond acceptors (Lipinski definition) is 4. The molecule has 1 aromatic heterocycles. The van der Waals surface area contributed by atoms with Gasteiger partial charge in [0.1, 0.15) is 5.82 Å². The van der Waals surface area contributed by atoms with Gasteiger partial charge in [-0.1, -0.05) is 30.3 Å². The summed E-state index contributed by atoms with van der Waals surface area (Å²) in [5, 5.41) is 10.1. The highest BCUT2D eigenvalue weighted by molar-refractivity contribution is 5.96. The number of aromatic nitrogens is 2. The lowest BCUT2D eigenvalue weighted by atomic mass is 10.1. The van der Waals surface area contributed by atoms with Gasteiger partial charge in [0.05, 0.1) is 6.42 Å². The van der Waals surface area contributed by atoms with E-state index in [1.807, 2.05) is 30.3 Å². The van der Waals surface area contributed by atoms with Crippen LogP contribution in [0.5, 0.6) is 0 Å². The number of carbonyl (C=O) groups is 2. The topological polar surface area (TPSA) is 79.3 Å². The first kappa shape index (κ1) is 18.1. The Labute approximate surface area is 153 Å². The number of anilines is 1. The molecule has 0 spiro atoms. The van der Waals surface area contributed by atoms with E-state index in [9.17, 15) is 9.59 Å². The normalized spacial score (nSPS) is 15.6. The zero-order valence-corrected chi connectivity index (χ0v) is 15.2. The molecule has 3 rings (SSSR count). The Morgan fingerprint density at radius 1 is 1.15 bits per heavy atom. The molecule has 26 heavy (non-hydrogen) atoms. The van der Waals surface area contributed by atoms with E-state index in [0.717, 1.165) is 31.5 Å². The van der Waals surface area contributed by atoms with Crippen molar-refractivity contribution in [3.8, 4) is 0 Å². The highest BCUT2D eigenvalue weighted by Crippen LogP contribution is 2.13. The molecular formula is C19H25N5O2. The zero-order valence-electron chi connectivity index (χ0n) is 15.2. The van der Waals surface area contributed by atoms with Crippen LogP contribution in [0.2, 0.25) is 0 Å². The smallest absolute Gasteiger partial charge is 0.272 e. The number of hydrogen-bond donors (Lipinski definition) is 2. The minimum atomic E-state index is -0.196. The number of nitrogens with one attached hydrogen (secondary N) is 2. The molecule has 1 fully saturated rings. The predicted octanol–water partition coefficient (Wildman–Crippen LogP) is 1.43. The van der Waals surface area contributed by atoms with Gasteiger partial charge in [-0.2, -0.15) is 5.10 Å². The summed E-state index contributed by atoms with van der Waals surface area (Å²) in [6.45, 7) is 1.96. The van der Waals surface area contributed by atoms with Crippen molar-refractivity contribution >= 4 is 17.6 Å². The Bertz CT molecular complexity index is 763. The average Bonchev–Trinajstić information content (AvgIpc) is 2.98. The summed E-state index contributed by atoms with van der Waals surface area (Å²) in [4.78, 5) is 26.9. The second-order valence-corrected chi connectivity index (χ2v) is 6.80. The number of benzene rings is 1. The van der Waals surface area contributed by atoms with Crippen LogP contribution in [0.4, 0.5) is 5.82 Å². The third-order valence-electron chi connectivity index (χ3n) is 4.64. The second-order valence-electron chi connectivity index (χ2n) is 6.80. The van der Waals surface area contributed by atoms with Crippen molar-refractivity contribution in [1.82, 2.24) is 20.0 Å². The van der Waals surface area contributed by atoms with E-state index in [2.05, 4.69) is 27.7 Å². The minimum Gasteiger partial charge on any atom is -0.348 e. The lowest BCUT2D eigenvalue weighted by Gasteiger charge is -2.29. The van der Waals surface area contributed by atoms with Gasteiger partial charge < -0.3 is 15.5 Å². The van der Waals surface area contributed by atoms with Crippen LogP contribution >= 0.6 is 0 Å². The molecule has 0 unspecified atom stereocenters. The Balaban J connectivity index is 1.57. The first-order valence-corrected chi connectivity index (χ1v) is 8.88. The lowest BCUT2D eigenvalue weighted by molar-refractivity contribution is -0.115. The quantitative estimate of drug-likeness (QED) is 0.850. The van der Waals surface area contributed by atoms with E-state index in [-0.39, 0.29) is 24.3 Å². The van der Waals surface area contributed by atoms with Crippen molar-refractivity contribution in [2.24, 2.45) is 7.05 Å². The first-order valence-electron chi connectivity index (χ1n) is 8.88. The monoisotopic (exact) mass is 355 g/mol. The van der Waals surface area contributed by atoms with Crippen LogP contribution in [0.25, 0.3) is 0 Å². The van der Waals surface area contributed by atoms with E-state index >= 15 is 0 Å². The minimum absolute atomic E-state index is 0.138. The SMILES string of the molecule is CN1CCC(NC(=O)c2cc(NC(=O)Cc3ccccc3)n(C)n2)CC1. The van der Waals surface area contributed by atoms with Gasteiger partial charge in [0, 0.05) is 19.2 Å². The molecule has 0 aliphatic carbocycles. The van der Waals surface area contributed by atoms with Gasteiger partial charge >= 0.3 is 0 Å². The molecule has 2 amide bonds. The number of carbonyl (C=O) groups excluding carboxylic acids is 2. The van der Waals surface area contributed by atoms with Crippen molar-refractivity contribution < 1.29 is 9.59 Å². The van der Waals surface area contributed by atoms with Crippen LogP contribution in [-0.2, 0) is 18.3 Å². The van der Waals surface area contributed by atoms with E-state index in [1.54, 1.807) is 13.1 Å². The lowest BCUT2D eigenvalue weighted by Crippen LogP contribution is -2.43. The maximum Gasteiger partial charge on any atom is 0.272 e. The second kappa shape index (κ2) is 8.14. The van der Waals surface area contributed by atoms with Crippen molar-refractivity contribution in [1.29, 1.82) is 0 Å². The third kappa shape index (κ3) is 4.70. The summed E-state index contributed by atoms with van der Waals surface area (Å²) in [6.07, 6.45) is 2.16. The molecular weight excluding hydrogens is 330 g/mol. The zero-order chi connectivity index (χ0) is 18.5. The number of rotatable bonds is 5. The fourth-order valence-electron chi connectivity index (χ4n) is 3.08. The summed E-state index contributed by atoms with van der Waals surface area (Å²) in [6, 6.07) is 11.3. The van der Waals surface area contributed by atoms with Crippen LogP contribution in [-0.4, -0.2) is 52.7 Å². The van der Waals surface area contributed by atoms with Gasteiger partial charge in [-0.3, -0.25) is 14.3 Å². The Kier molecular flexibility index (Phi) is 5.68. The highest BCUT2D eigenvalue weighted by Gasteiger charge is 2.21. The summed E-state index contributed by atoms with van der Waals surface area (Å²) in [5.74, 6) is 0.180. The average molecular weight is 355 g/mol. The number of amides is 2. The van der Waals surface area contributed by atoms with Gasteiger partial charge in [-0.25, -0.2) is 0 Å². The molecule has 2 heterocycles. The van der Waals surface area contributed by atoms with Crippen LogP contribution in [0.3, 0.4) is 0 Å². The van der Waals surface area contributed by atoms with Crippen LogP contribution in [0.1, 0.15) is 28.9 Å². The largest absolute Gasteiger partial charge is 0.348 e. The summed E-state index contributed by atoms with van der Waals surface area (Å²) in [5.41, 5.74) is 1.26. The van der Waals surface area contributed by atoms with Gasteiger partial charge in [-0.05, 0) is 38.5 Å². The molecule has 1 saturated heterocycles. The molecule has 1 aliphatic heterocycles. The maximum atomic E-state index is 12.4. The van der Waals surface area contributed by atoms with Crippen molar-refractivity contribution in [2.45, 2.75) is 25.3 Å². The molecule has 2 N–H and O–H groups in total. The van der Waals surface area contributed by atoms with Crippen molar-refractivity contribution in [3.05, 3.63) is 47.7 Å². The number of nitrogens with zero attached hydrogens (tertiary/aromatic N) is 3. The summed E-state index contributed by atoms with van der Waals surface area (Å²) in [7, 11) is 3.80. The fourth-order valence-corrected chi connectivity index (χ4v) is 3.08. The van der Waals surface area contributed by atoms with E-state index < -0.39 is 0 Å². The number of piperidine rings is 1. The van der Waals surface area contributed by atoms with Gasteiger partial charge in [0.25, 0.3) is 5.91 Å². The Morgan fingerprint density at radius 2 is 1.85 bits per heavy atom. The molecule has 7 nitrogen and oxygen atoms in total. The molecule has 138 valence electrons. The van der Waals surface area contributed by atoms with Gasteiger partial charge in [0.2, 0.25) is 5.91 Å². The van der Waals surface area contributed by atoms with Crippen molar-refractivity contribution in [3.63, 3.8) is 0 Å². The molecule has 0 saturated carbocycles. The van der Waals surface area contributed by atoms with Crippen LogP contribution in [0.15, 0.2) is 36.4 Å².